The third-order valence-corrected chi connectivity index (χ3v) is 11.3. The molecule has 286 valence electrons. The Morgan fingerprint density at radius 3 is 0.729 bits per heavy atom. The molecule has 0 saturated heterocycles. The van der Waals surface area contributed by atoms with Crippen molar-refractivity contribution >= 4 is 0 Å². The summed E-state index contributed by atoms with van der Waals surface area (Å²) >= 11 is 0. The molecule has 1 heterocycles. The lowest BCUT2D eigenvalue weighted by atomic mass is 10.0. The summed E-state index contributed by atoms with van der Waals surface area (Å²) in [6.45, 7) is 9.49. The van der Waals surface area contributed by atoms with Crippen LogP contribution in [0.5, 0.6) is 0 Å². The molecule has 2 heteroatoms. The molecule has 0 amide bonds. The Kier molecular flexibility index (Phi) is 35.5. The molecule has 0 N–H and O–H groups in total. The quantitative estimate of drug-likeness (QED) is 0.0598. The van der Waals surface area contributed by atoms with Crippen LogP contribution in [-0.2, 0) is 0 Å². The Hall–Kier alpha value is -0.660. The first-order chi connectivity index (χ1) is 23.8. The van der Waals surface area contributed by atoms with E-state index in [4.69, 9.17) is 0 Å². The summed E-state index contributed by atoms with van der Waals surface area (Å²) in [5, 5.41) is 0. The first-order valence-corrected chi connectivity index (χ1v) is 23.0. The van der Waals surface area contributed by atoms with Gasteiger partial charge in [-0.2, -0.15) is 0 Å². The largest absolute Gasteiger partial charge is 0.356 e. The highest BCUT2D eigenvalue weighted by atomic mass is 15.4. The molecule has 2 nitrogen and oxygen atoms in total. The Balaban J connectivity index is 2.12. The molecular weight excluding hydrogens is 581 g/mol. The summed E-state index contributed by atoms with van der Waals surface area (Å²) in [4.78, 5) is 5.44. The minimum Gasteiger partial charge on any atom is -0.356 e. The van der Waals surface area contributed by atoms with Crippen molar-refractivity contribution < 1.29 is 0 Å². The van der Waals surface area contributed by atoms with Gasteiger partial charge in [-0.15, -0.1) is 0 Å². The molecule has 0 radical (unpaired) electrons. The molecule has 0 aromatic heterocycles. The van der Waals surface area contributed by atoms with Gasteiger partial charge in [0.15, 0.2) is 0 Å². The van der Waals surface area contributed by atoms with Gasteiger partial charge in [-0.25, -0.2) is 0 Å². The van der Waals surface area contributed by atoms with Gasteiger partial charge in [-0.3, -0.25) is 0 Å². The molecule has 0 fully saturated rings. The van der Waals surface area contributed by atoms with Crippen molar-refractivity contribution in [2.24, 2.45) is 0 Å². The number of rotatable bonds is 40. The highest BCUT2D eigenvalue weighted by Crippen LogP contribution is 2.24. The van der Waals surface area contributed by atoms with Crippen molar-refractivity contribution in [3.8, 4) is 0 Å². The molecule has 0 aliphatic carbocycles. The zero-order valence-corrected chi connectivity index (χ0v) is 33.9. The molecule has 0 aromatic rings. The first-order valence-electron chi connectivity index (χ1n) is 23.0. The molecule has 1 atom stereocenters. The Morgan fingerprint density at radius 2 is 0.479 bits per heavy atom. The standard InChI is InChI=1S/C46H92N2/c1-4-7-10-13-16-18-20-22-24-25-26-28-30-32-34-37-40-43-48-45-44-47(42-39-36-15-12-9-6-3)46(48)41-38-35-33-31-29-27-23-21-19-17-14-11-8-5-2/h44-46H,4-43H2,1-3H3. The average molecular weight is 673 g/mol. The normalized spacial score (nSPS) is 14.6. The molecule has 0 aromatic carbocycles. The number of hydrogen-bond acceptors (Lipinski definition) is 2. The van der Waals surface area contributed by atoms with Gasteiger partial charge >= 0.3 is 0 Å². The van der Waals surface area contributed by atoms with Gasteiger partial charge in [0.25, 0.3) is 0 Å². The van der Waals surface area contributed by atoms with E-state index < -0.39 is 0 Å². The van der Waals surface area contributed by atoms with E-state index in [2.05, 4.69) is 43.0 Å². The number of nitrogens with zero attached hydrogens (tertiary/aromatic N) is 2. The van der Waals surface area contributed by atoms with Crippen molar-refractivity contribution in [3.63, 3.8) is 0 Å². The Morgan fingerprint density at radius 1 is 0.271 bits per heavy atom. The Bertz CT molecular complexity index is 630. The molecule has 1 aliphatic heterocycles. The smallest absolute Gasteiger partial charge is 0.101 e. The SMILES string of the molecule is CCCCCCCCCCCCCCCCCCCN1C=CN(CCCCCCCC)C1CCCCCCCCCCCCCCCC. The third-order valence-electron chi connectivity index (χ3n) is 11.3. The minimum absolute atomic E-state index is 0.638. The van der Waals surface area contributed by atoms with Gasteiger partial charge in [0.05, 0.1) is 0 Å². The van der Waals surface area contributed by atoms with E-state index in [0.717, 1.165) is 0 Å². The predicted molar refractivity (Wildman–Crippen MR) is 219 cm³/mol. The number of unbranched alkanes of at least 4 members (excludes halogenated alkanes) is 34. The molecule has 0 saturated carbocycles. The van der Waals surface area contributed by atoms with Crippen molar-refractivity contribution in [1.82, 2.24) is 9.80 Å². The summed E-state index contributed by atoms with van der Waals surface area (Å²) in [5.74, 6) is 0. The lowest BCUT2D eigenvalue weighted by molar-refractivity contribution is 0.135. The summed E-state index contributed by atoms with van der Waals surface area (Å²) in [6.07, 6.45) is 60.4. The molecule has 1 unspecified atom stereocenters. The molecular formula is C46H92N2. The van der Waals surface area contributed by atoms with Crippen LogP contribution in [0.4, 0.5) is 0 Å². The second kappa shape index (κ2) is 37.6. The van der Waals surface area contributed by atoms with Crippen LogP contribution in [0, 0.1) is 0 Å². The lowest BCUT2D eigenvalue weighted by Gasteiger charge is -2.33. The first kappa shape index (κ1) is 45.4. The number of hydrogen-bond donors (Lipinski definition) is 0. The van der Waals surface area contributed by atoms with E-state index in [1.54, 1.807) is 0 Å². The van der Waals surface area contributed by atoms with Crippen LogP contribution in [0.2, 0.25) is 0 Å². The maximum atomic E-state index is 2.73. The third kappa shape index (κ3) is 29.1. The van der Waals surface area contributed by atoms with Crippen molar-refractivity contribution in [2.75, 3.05) is 13.1 Å². The second-order valence-electron chi connectivity index (χ2n) is 16.1. The summed E-state index contributed by atoms with van der Waals surface area (Å²) < 4.78 is 0. The average Bonchev–Trinajstić information content (AvgIpc) is 3.48. The van der Waals surface area contributed by atoms with E-state index in [9.17, 15) is 0 Å². The van der Waals surface area contributed by atoms with Gasteiger partial charge in [0, 0.05) is 25.5 Å². The fourth-order valence-corrected chi connectivity index (χ4v) is 7.95. The second-order valence-corrected chi connectivity index (χ2v) is 16.1. The van der Waals surface area contributed by atoms with E-state index in [-0.39, 0.29) is 0 Å². The molecule has 1 rings (SSSR count). The van der Waals surface area contributed by atoms with E-state index in [1.807, 2.05) is 0 Å². The van der Waals surface area contributed by atoms with Crippen LogP contribution < -0.4 is 0 Å². The zero-order chi connectivity index (χ0) is 34.4. The highest BCUT2D eigenvalue weighted by molar-refractivity contribution is 4.97. The topological polar surface area (TPSA) is 6.48 Å². The summed E-state index contributed by atoms with van der Waals surface area (Å²) in [6, 6.07) is 0. The van der Waals surface area contributed by atoms with Gasteiger partial charge in [-0.05, 0) is 25.7 Å². The Labute approximate surface area is 305 Å². The van der Waals surface area contributed by atoms with Crippen molar-refractivity contribution in [3.05, 3.63) is 12.4 Å². The van der Waals surface area contributed by atoms with Crippen LogP contribution in [0.1, 0.15) is 265 Å². The van der Waals surface area contributed by atoms with E-state index >= 15 is 0 Å². The molecule has 48 heavy (non-hydrogen) atoms. The van der Waals surface area contributed by atoms with E-state index in [0.29, 0.717) is 6.17 Å². The zero-order valence-electron chi connectivity index (χ0n) is 33.9. The van der Waals surface area contributed by atoms with E-state index in [1.165, 1.54) is 257 Å². The molecule has 0 bridgehead atoms. The maximum absolute atomic E-state index is 2.73. The molecule has 1 aliphatic rings. The fourth-order valence-electron chi connectivity index (χ4n) is 7.95. The summed E-state index contributed by atoms with van der Waals surface area (Å²) in [5.41, 5.74) is 0. The van der Waals surface area contributed by atoms with Crippen LogP contribution >= 0.6 is 0 Å². The lowest BCUT2D eigenvalue weighted by Crippen LogP contribution is -2.39. The molecule has 0 spiro atoms. The van der Waals surface area contributed by atoms with Crippen LogP contribution in [0.3, 0.4) is 0 Å². The highest BCUT2D eigenvalue weighted by Gasteiger charge is 2.24. The monoisotopic (exact) mass is 673 g/mol. The van der Waals surface area contributed by atoms with Crippen LogP contribution in [0.25, 0.3) is 0 Å². The maximum Gasteiger partial charge on any atom is 0.101 e. The van der Waals surface area contributed by atoms with Crippen LogP contribution in [0.15, 0.2) is 12.4 Å². The van der Waals surface area contributed by atoms with Gasteiger partial charge < -0.3 is 9.80 Å². The summed E-state index contributed by atoms with van der Waals surface area (Å²) in [7, 11) is 0. The van der Waals surface area contributed by atoms with Gasteiger partial charge in [0.1, 0.15) is 6.17 Å². The predicted octanol–water partition coefficient (Wildman–Crippen LogP) is 16.3. The minimum atomic E-state index is 0.638. The van der Waals surface area contributed by atoms with Gasteiger partial charge in [0.2, 0.25) is 0 Å². The van der Waals surface area contributed by atoms with Crippen molar-refractivity contribution in [2.45, 2.75) is 271 Å². The van der Waals surface area contributed by atoms with Crippen molar-refractivity contribution in [1.29, 1.82) is 0 Å². The fraction of sp³-hybridized carbons (Fsp3) is 0.957. The van der Waals surface area contributed by atoms with Gasteiger partial charge in [-0.1, -0.05) is 239 Å². The van der Waals surface area contributed by atoms with Crippen LogP contribution in [-0.4, -0.2) is 29.1 Å².